The van der Waals surface area contributed by atoms with E-state index in [-0.39, 0.29) is 12.2 Å². The number of unbranched alkanes of at least 4 members (excludes halogenated alkanes) is 6. The number of aliphatic hydroxyl groups is 2. The minimum Gasteiger partial charge on any atom is -0.478 e. The Bertz CT molecular complexity index is 260. The second-order valence-corrected chi connectivity index (χ2v) is 5.27. The Labute approximate surface area is 128 Å². The molecule has 0 bridgehead atoms. The summed E-state index contributed by atoms with van der Waals surface area (Å²) in [7, 11) is 1.43. The molecule has 0 radical (unpaired) electrons. The smallest absolute Gasteiger partial charge is 0.330 e. The van der Waals surface area contributed by atoms with Crippen LogP contribution in [0.25, 0.3) is 0 Å². The van der Waals surface area contributed by atoms with E-state index in [1.54, 1.807) is 0 Å². The summed E-state index contributed by atoms with van der Waals surface area (Å²) in [6.07, 6.45) is 8.93. The van der Waals surface area contributed by atoms with Crippen LogP contribution in [-0.4, -0.2) is 40.8 Å². The summed E-state index contributed by atoms with van der Waals surface area (Å²) in [5.41, 5.74) is 0.176. The molecule has 1 atom stereocenters. The van der Waals surface area contributed by atoms with E-state index in [9.17, 15) is 9.90 Å². The van der Waals surface area contributed by atoms with Crippen molar-refractivity contribution in [1.29, 1.82) is 0 Å². The Morgan fingerprint density at radius 2 is 1.57 bits per heavy atom. The Morgan fingerprint density at radius 1 is 1.14 bits per heavy atom. The fourth-order valence-electron chi connectivity index (χ4n) is 1.60. The monoisotopic (exact) mass is 304 g/mol. The average molecular weight is 304 g/mol. The zero-order chi connectivity index (χ0) is 16.7. The van der Waals surface area contributed by atoms with Crippen LogP contribution in [0.1, 0.15) is 65.2 Å². The number of carbonyl (C=O) groups is 1. The number of ether oxygens (including phenoxy) is 1. The van der Waals surface area contributed by atoms with Crippen LogP contribution >= 0.6 is 0 Å². The molecule has 0 aromatic rings. The first kappa shape index (κ1) is 22.4. The number of aliphatic hydroxyl groups excluding tert-OH is 1. The lowest BCUT2D eigenvalue weighted by molar-refractivity contribution is -0.212. The standard InChI is InChI=1S/C12H26O3.C4H6O2/c1-3-4-5-6-7-8-9-10-12(14,11-13)15-2;1-3(2)4(5)6/h13-14H,3-11H2,1-2H3;1H2,2H3,(H,5,6). The maximum absolute atomic E-state index is 9.60. The van der Waals surface area contributed by atoms with Gasteiger partial charge >= 0.3 is 5.97 Å². The van der Waals surface area contributed by atoms with Gasteiger partial charge in [0, 0.05) is 19.1 Å². The molecule has 0 amide bonds. The minimum atomic E-state index is -1.32. The fourth-order valence-corrected chi connectivity index (χ4v) is 1.60. The van der Waals surface area contributed by atoms with Gasteiger partial charge in [0.05, 0.1) is 6.61 Å². The number of aliphatic carboxylic acids is 1. The second kappa shape index (κ2) is 14.0. The van der Waals surface area contributed by atoms with Gasteiger partial charge in [-0.3, -0.25) is 0 Å². The lowest BCUT2D eigenvalue weighted by Gasteiger charge is -2.23. The normalized spacial score (nSPS) is 13.0. The molecule has 0 fully saturated rings. The van der Waals surface area contributed by atoms with Gasteiger partial charge in [0.1, 0.15) is 0 Å². The number of rotatable bonds is 11. The minimum absolute atomic E-state index is 0.176. The Hall–Kier alpha value is -0.910. The van der Waals surface area contributed by atoms with Crippen LogP contribution in [0.2, 0.25) is 0 Å². The van der Waals surface area contributed by atoms with E-state index in [2.05, 4.69) is 13.5 Å². The molecule has 0 rings (SSSR count). The van der Waals surface area contributed by atoms with Gasteiger partial charge in [0.2, 0.25) is 0 Å². The molecule has 21 heavy (non-hydrogen) atoms. The first-order valence-electron chi connectivity index (χ1n) is 7.60. The van der Waals surface area contributed by atoms with E-state index in [1.165, 1.54) is 46.1 Å². The van der Waals surface area contributed by atoms with Crippen LogP contribution in [0, 0.1) is 0 Å². The van der Waals surface area contributed by atoms with Crippen LogP contribution in [0.3, 0.4) is 0 Å². The number of carboxylic acid groups (broad SMARTS) is 1. The van der Waals surface area contributed by atoms with Crippen molar-refractivity contribution in [3.05, 3.63) is 12.2 Å². The van der Waals surface area contributed by atoms with E-state index in [4.69, 9.17) is 14.9 Å². The zero-order valence-corrected chi connectivity index (χ0v) is 13.7. The molecule has 0 aromatic carbocycles. The van der Waals surface area contributed by atoms with Crippen molar-refractivity contribution >= 4 is 5.97 Å². The van der Waals surface area contributed by atoms with Crippen molar-refractivity contribution < 1.29 is 24.9 Å². The summed E-state index contributed by atoms with van der Waals surface area (Å²) in [6.45, 7) is 6.49. The quantitative estimate of drug-likeness (QED) is 0.310. The highest BCUT2D eigenvalue weighted by Gasteiger charge is 2.23. The third-order valence-corrected chi connectivity index (χ3v) is 3.16. The molecular formula is C16H32O5. The molecule has 0 aliphatic heterocycles. The first-order chi connectivity index (χ1) is 9.82. The topological polar surface area (TPSA) is 87.0 Å². The highest BCUT2D eigenvalue weighted by molar-refractivity contribution is 5.84. The summed E-state index contributed by atoms with van der Waals surface area (Å²) in [6, 6.07) is 0. The average Bonchev–Trinajstić information content (AvgIpc) is 2.46. The summed E-state index contributed by atoms with van der Waals surface area (Å²) < 4.78 is 4.84. The summed E-state index contributed by atoms with van der Waals surface area (Å²) >= 11 is 0. The zero-order valence-electron chi connectivity index (χ0n) is 13.7. The molecular weight excluding hydrogens is 272 g/mol. The predicted octanol–water partition coefficient (Wildman–Crippen LogP) is 3.10. The summed E-state index contributed by atoms with van der Waals surface area (Å²) in [4.78, 5) is 9.60. The largest absolute Gasteiger partial charge is 0.478 e. The van der Waals surface area contributed by atoms with Gasteiger partial charge in [-0.05, 0) is 13.3 Å². The van der Waals surface area contributed by atoms with Gasteiger partial charge in [-0.1, -0.05) is 52.0 Å². The van der Waals surface area contributed by atoms with Gasteiger partial charge in [-0.15, -0.1) is 0 Å². The SMILES string of the molecule is C=C(C)C(=O)O.CCCCCCCCCC(O)(CO)OC. The van der Waals surface area contributed by atoms with Gasteiger partial charge in [-0.25, -0.2) is 4.79 Å². The molecule has 126 valence electrons. The number of methoxy groups -OCH3 is 1. The Morgan fingerprint density at radius 3 is 1.90 bits per heavy atom. The van der Waals surface area contributed by atoms with Gasteiger partial charge in [-0.2, -0.15) is 0 Å². The number of hydrogen-bond acceptors (Lipinski definition) is 4. The van der Waals surface area contributed by atoms with Crippen molar-refractivity contribution in [3.8, 4) is 0 Å². The van der Waals surface area contributed by atoms with Gasteiger partial charge in [0.15, 0.2) is 5.79 Å². The molecule has 1 unspecified atom stereocenters. The summed E-state index contributed by atoms with van der Waals surface area (Å²) in [5, 5.41) is 26.4. The first-order valence-corrected chi connectivity index (χ1v) is 7.60. The van der Waals surface area contributed by atoms with Crippen molar-refractivity contribution in [1.82, 2.24) is 0 Å². The molecule has 0 spiro atoms. The molecule has 5 nitrogen and oxygen atoms in total. The Kier molecular flexibility index (Phi) is 15.0. The van der Waals surface area contributed by atoms with Crippen LogP contribution < -0.4 is 0 Å². The van der Waals surface area contributed by atoms with E-state index >= 15 is 0 Å². The van der Waals surface area contributed by atoms with E-state index in [0.717, 1.165) is 12.8 Å². The van der Waals surface area contributed by atoms with Crippen molar-refractivity contribution in [2.45, 2.75) is 71.0 Å². The highest BCUT2D eigenvalue weighted by Crippen LogP contribution is 2.16. The maximum Gasteiger partial charge on any atom is 0.330 e. The number of carboxylic acids is 1. The highest BCUT2D eigenvalue weighted by atomic mass is 16.6. The molecule has 0 aliphatic carbocycles. The Balaban J connectivity index is 0. The summed E-state index contributed by atoms with van der Waals surface area (Å²) in [5.74, 6) is -2.25. The van der Waals surface area contributed by atoms with Gasteiger partial charge in [0.25, 0.3) is 0 Å². The van der Waals surface area contributed by atoms with Gasteiger partial charge < -0.3 is 20.1 Å². The lowest BCUT2D eigenvalue weighted by atomic mass is 10.0. The molecule has 0 aromatic heterocycles. The van der Waals surface area contributed by atoms with Crippen molar-refractivity contribution in [2.75, 3.05) is 13.7 Å². The lowest BCUT2D eigenvalue weighted by Crippen LogP contribution is -2.35. The molecule has 0 heterocycles. The second-order valence-electron chi connectivity index (χ2n) is 5.27. The van der Waals surface area contributed by atoms with E-state index < -0.39 is 11.8 Å². The van der Waals surface area contributed by atoms with E-state index in [0.29, 0.717) is 6.42 Å². The number of hydrogen-bond donors (Lipinski definition) is 3. The van der Waals surface area contributed by atoms with E-state index in [1.807, 2.05) is 0 Å². The van der Waals surface area contributed by atoms with Crippen LogP contribution in [0.4, 0.5) is 0 Å². The molecule has 0 saturated heterocycles. The molecule has 0 saturated carbocycles. The molecule has 5 heteroatoms. The molecule has 0 aliphatic rings. The van der Waals surface area contributed by atoms with Crippen LogP contribution in [0.5, 0.6) is 0 Å². The molecule has 3 N–H and O–H groups in total. The van der Waals surface area contributed by atoms with Crippen molar-refractivity contribution in [3.63, 3.8) is 0 Å². The maximum atomic E-state index is 9.60. The fraction of sp³-hybridized carbons (Fsp3) is 0.812. The van der Waals surface area contributed by atoms with Crippen LogP contribution in [0.15, 0.2) is 12.2 Å². The van der Waals surface area contributed by atoms with Crippen LogP contribution in [-0.2, 0) is 9.53 Å². The van der Waals surface area contributed by atoms with Crippen molar-refractivity contribution in [2.24, 2.45) is 0 Å². The third kappa shape index (κ3) is 15.3. The predicted molar refractivity (Wildman–Crippen MR) is 84.1 cm³/mol. The third-order valence-electron chi connectivity index (χ3n) is 3.16.